The summed E-state index contributed by atoms with van der Waals surface area (Å²) in [6.07, 6.45) is 2.93. The summed E-state index contributed by atoms with van der Waals surface area (Å²) >= 11 is 0. The Bertz CT molecular complexity index is 1310. The first-order valence-corrected chi connectivity index (χ1v) is 13.2. The summed E-state index contributed by atoms with van der Waals surface area (Å²) in [5.41, 5.74) is 2.46. The first kappa shape index (κ1) is 24.7. The van der Waals surface area contributed by atoms with Crippen LogP contribution in [-0.4, -0.2) is 70.3 Å². The summed E-state index contributed by atoms with van der Waals surface area (Å²) in [6, 6.07) is 10.9. The normalized spacial score (nSPS) is 16.7. The molecule has 0 saturated carbocycles. The lowest BCUT2D eigenvalue weighted by Crippen LogP contribution is -2.40. The fraction of sp³-hybridized carbons (Fsp3) is 0.435. The SMILES string of the molecule is COc1cccc(CNC(=O)c2cc(-c3nnn(C[C@H]4CCCN(S(C)(=O)=O)C4)n3)cc(C)n2)c1. The highest BCUT2D eigenvalue weighted by atomic mass is 32.2. The second-order valence-corrected chi connectivity index (χ2v) is 10.7. The third kappa shape index (κ3) is 6.40. The first-order chi connectivity index (χ1) is 16.7. The fourth-order valence-corrected chi connectivity index (χ4v) is 5.06. The molecule has 0 spiro atoms. The third-order valence-corrected chi connectivity index (χ3v) is 7.13. The van der Waals surface area contributed by atoms with Crippen molar-refractivity contribution in [3.8, 4) is 17.1 Å². The number of rotatable bonds is 8. The van der Waals surface area contributed by atoms with Gasteiger partial charge in [-0.2, -0.15) is 4.80 Å². The molecular formula is C23H29N7O4S. The Hall–Kier alpha value is -3.38. The van der Waals surface area contributed by atoms with E-state index in [2.05, 4.69) is 25.7 Å². The molecule has 1 fully saturated rings. The lowest BCUT2D eigenvalue weighted by atomic mass is 10.00. The molecule has 12 heteroatoms. The largest absolute Gasteiger partial charge is 0.497 e. The van der Waals surface area contributed by atoms with E-state index in [1.165, 1.54) is 15.4 Å². The molecule has 0 bridgehead atoms. The molecule has 1 aliphatic heterocycles. The number of carbonyl (C=O) groups is 1. The molecular weight excluding hydrogens is 470 g/mol. The number of pyridine rings is 1. The van der Waals surface area contributed by atoms with Gasteiger partial charge in [0, 0.05) is 30.9 Å². The van der Waals surface area contributed by atoms with Crippen LogP contribution in [0.5, 0.6) is 5.75 Å². The predicted molar refractivity (Wildman–Crippen MR) is 129 cm³/mol. The van der Waals surface area contributed by atoms with Crippen molar-refractivity contribution in [2.45, 2.75) is 32.9 Å². The monoisotopic (exact) mass is 499 g/mol. The summed E-state index contributed by atoms with van der Waals surface area (Å²) in [4.78, 5) is 18.6. The molecule has 186 valence electrons. The van der Waals surface area contributed by atoms with Crippen LogP contribution < -0.4 is 10.1 Å². The van der Waals surface area contributed by atoms with Crippen LogP contribution in [0.1, 0.15) is 34.6 Å². The summed E-state index contributed by atoms with van der Waals surface area (Å²) in [7, 11) is -1.62. The highest BCUT2D eigenvalue weighted by Gasteiger charge is 2.26. The zero-order valence-corrected chi connectivity index (χ0v) is 20.8. The maximum atomic E-state index is 12.8. The Kier molecular flexibility index (Phi) is 7.41. The number of hydrogen-bond acceptors (Lipinski definition) is 8. The summed E-state index contributed by atoms with van der Waals surface area (Å²) in [5, 5.41) is 15.6. The molecule has 1 N–H and O–H groups in total. The molecule has 0 aliphatic carbocycles. The number of methoxy groups -OCH3 is 1. The second kappa shape index (κ2) is 10.5. The molecule has 1 aliphatic rings. The number of hydrogen-bond donors (Lipinski definition) is 1. The topological polar surface area (TPSA) is 132 Å². The second-order valence-electron chi connectivity index (χ2n) is 8.71. The van der Waals surface area contributed by atoms with E-state index >= 15 is 0 Å². The first-order valence-electron chi connectivity index (χ1n) is 11.3. The van der Waals surface area contributed by atoms with Crippen molar-refractivity contribution >= 4 is 15.9 Å². The Morgan fingerprint density at radius 1 is 1.26 bits per heavy atom. The molecule has 0 radical (unpaired) electrons. The van der Waals surface area contributed by atoms with Crippen molar-refractivity contribution in [1.82, 2.24) is 34.8 Å². The predicted octanol–water partition coefficient (Wildman–Crippen LogP) is 1.65. The summed E-state index contributed by atoms with van der Waals surface area (Å²) in [6.45, 7) is 3.60. The molecule has 4 rings (SSSR count). The molecule has 1 amide bonds. The van der Waals surface area contributed by atoms with Gasteiger partial charge in [-0.1, -0.05) is 12.1 Å². The number of benzene rings is 1. The number of sulfonamides is 1. The standard InChI is InChI=1S/C23H29N7O4S/c1-16-10-19(12-21(25-16)23(31)24-13-17-6-4-8-20(11-17)34-2)22-26-28-30(27-22)15-18-7-5-9-29(14-18)35(3,32)33/h4,6,8,10-12,18H,5,7,9,13-15H2,1-3H3,(H,24,31)/t18-/m0/s1. The quantitative estimate of drug-likeness (QED) is 0.495. The van der Waals surface area contributed by atoms with Crippen LogP contribution in [0.3, 0.4) is 0 Å². The third-order valence-electron chi connectivity index (χ3n) is 5.86. The van der Waals surface area contributed by atoms with Crippen molar-refractivity contribution in [1.29, 1.82) is 0 Å². The Morgan fingerprint density at radius 3 is 2.86 bits per heavy atom. The van der Waals surface area contributed by atoms with E-state index in [4.69, 9.17) is 4.74 Å². The zero-order valence-electron chi connectivity index (χ0n) is 20.0. The van der Waals surface area contributed by atoms with Gasteiger partial charge in [-0.25, -0.2) is 17.7 Å². The number of nitrogens with zero attached hydrogens (tertiary/aromatic N) is 6. The van der Waals surface area contributed by atoms with Crippen LogP contribution in [0.2, 0.25) is 0 Å². The number of aromatic nitrogens is 5. The Balaban J connectivity index is 1.43. The summed E-state index contributed by atoms with van der Waals surface area (Å²) < 4.78 is 30.5. The minimum atomic E-state index is -3.22. The van der Waals surface area contributed by atoms with Crippen LogP contribution in [0.25, 0.3) is 11.4 Å². The number of amides is 1. The molecule has 1 saturated heterocycles. The molecule has 1 atom stereocenters. The van der Waals surface area contributed by atoms with Crippen LogP contribution in [0, 0.1) is 12.8 Å². The average Bonchev–Trinajstić information content (AvgIpc) is 3.30. The lowest BCUT2D eigenvalue weighted by molar-refractivity contribution is 0.0945. The Labute approximate surface area is 204 Å². The Morgan fingerprint density at radius 2 is 2.09 bits per heavy atom. The van der Waals surface area contributed by atoms with E-state index in [0.29, 0.717) is 43.3 Å². The molecule has 2 aromatic heterocycles. The van der Waals surface area contributed by atoms with Gasteiger partial charge in [0.1, 0.15) is 11.4 Å². The van der Waals surface area contributed by atoms with E-state index in [0.717, 1.165) is 24.2 Å². The zero-order chi connectivity index (χ0) is 25.0. The van der Waals surface area contributed by atoms with Crippen molar-refractivity contribution in [3.63, 3.8) is 0 Å². The summed E-state index contributed by atoms with van der Waals surface area (Å²) in [5.74, 6) is 0.901. The van der Waals surface area contributed by atoms with Crippen LogP contribution in [0.4, 0.5) is 0 Å². The van der Waals surface area contributed by atoms with Gasteiger partial charge in [-0.05, 0) is 60.7 Å². The average molecular weight is 500 g/mol. The van der Waals surface area contributed by atoms with Gasteiger partial charge in [0.2, 0.25) is 15.8 Å². The smallest absolute Gasteiger partial charge is 0.270 e. The van der Waals surface area contributed by atoms with Gasteiger partial charge in [0.25, 0.3) is 5.91 Å². The minimum absolute atomic E-state index is 0.109. The number of ether oxygens (including phenoxy) is 1. The maximum absolute atomic E-state index is 12.8. The van der Waals surface area contributed by atoms with E-state index in [1.54, 1.807) is 26.2 Å². The van der Waals surface area contributed by atoms with E-state index in [1.807, 2.05) is 24.3 Å². The van der Waals surface area contributed by atoms with Gasteiger partial charge in [-0.3, -0.25) is 4.79 Å². The molecule has 35 heavy (non-hydrogen) atoms. The van der Waals surface area contributed by atoms with Crippen LogP contribution in [-0.2, 0) is 23.1 Å². The van der Waals surface area contributed by atoms with Gasteiger partial charge in [0.15, 0.2) is 0 Å². The van der Waals surface area contributed by atoms with Crippen molar-refractivity contribution < 1.29 is 17.9 Å². The molecule has 1 aromatic carbocycles. The lowest BCUT2D eigenvalue weighted by Gasteiger charge is -2.30. The molecule has 11 nitrogen and oxygen atoms in total. The van der Waals surface area contributed by atoms with Gasteiger partial charge in [0.05, 0.1) is 19.9 Å². The van der Waals surface area contributed by atoms with E-state index in [-0.39, 0.29) is 17.5 Å². The van der Waals surface area contributed by atoms with Gasteiger partial charge in [-0.15, -0.1) is 10.2 Å². The number of nitrogens with one attached hydrogen (secondary N) is 1. The fourth-order valence-electron chi connectivity index (χ4n) is 4.11. The number of aryl methyl sites for hydroxylation is 1. The van der Waals surface area contributed by atoms with Crippen molar-refractivity contribution in [2.24, 2.45) is 5.92 Å². The molecule has 3 heterocycles. The van der Waals surface area contributed by atoms with Crippen LogP contribution >= 0.6 is 0 Å². The van der Waals surface area contributed by atoms with Crippen molar-refractivity contribution in [3.05, 3.63) is 53.3 Å². The van der Waals surface area contributed by atoms with Gasteiger partial charge >= 0.3 is 0 Å². The highest BCUT2D eigenvalue weighted by Crippen LogP contribution is 2.21. The highest BCUT2D eigenvalue weighted by molar-refractivity contribution is 7.88. The van der Waals surface area contributed by atoms with Crippen LogP contribution in [0.15, 0.2) is 36.4 Å². The van der Waals surface area contributed by atoms with Gasteiger partial charge < -0.3 is 10.1 Å². The minimum Gasteiger partial charge on any atom is -0.497 e. The number of tetrazole rings is 1. The van der Waals surface area contributed by atoms with E-state index < -0.39 is 10.0 Å². The number of carbonyl (C=O) groups excluding carboxylic acids is 1. The van der Waals surface area contributed by atoms with E-state index in [9.17, 15) is 13.2 Å². The van der Waals surface area contributed by atoms with Crippen molar-refractivity contribution in [2.75, 3.05) is 26.5 Å². The molecule has 3 aromatic rings. The number of piperidine rings is 1. The maximum Gasteiger partial charge on any atom is 0.270 e. The molecule has 0 unspecified atom stereocenters.